The zero-order valence-corrected chi connectivity index (χ0v) is 22.9. The Balaban J connectivity index is 1.25. The molecule has 2 aromatic heterocycles. The molecule has 4 rings (SSSR count). The number of hydrogen-bond donors (Lipinski definition) is 3. The second-order valence-corrected chi connectivity index (χ2v) is 10.9. The van der Waals surface area contributed by atoms with Crippen LogP contribution in [-0.2, 0) is 10.5 Å². The summed E-state index contributed by atoms with van der Waals surface area (Å²) in [5, 5.41) is 24.6. The molecule has 2 heterocycles. The van der Waals surface area contributed by atoms with E-state index < -0.39 is 0 Å². The van der Waals surface area contributed by atoms with Gasteiger partial charge in [0.25, 0.3) is 5.95 Å². The van der Waals surface area contributed by atoms with Gasteiger partial charge in [0.05, 0.1) is 18.6 Å². The SMILES string of the molecule is COc1ccc(/C(C)=N/Nc2nnc(SCC(=O)Nc3nnc(SCc4ccccc4Cl)s3)n2N)cc1. The molecular formula is C22H22ClN9O2S3. The van der Waals surface area contributed by atoms with Crippen molar-refractivity contribution in [3.8, 4) is 5.75 Å². The van der Waals surface area contributed by atoms with Crippen LogP contribution in [0.3, 0.4) is 0 Å². The van der Waals surface area contributed by atoms with Crippen molar-refractivity contribution in [2.75, 3.05) is 29.4 Å². The monoisotopic (exact) mass is 575 g/mol. The van der Waals surface area contributed by atoms with E-state index in [2.05, 4.69) is 36.2 Å². The molecule has 11 nitrogen and oxygen atoms in total. The van der Waals surface area contributed by atoms with Gasteiger partial charge in [-0.2, -0.15) is 5.10 Å². The number of nitrogen functional groups attached to an aromatic ring is 1. The third-order valence-corrected chi connectivity index (χ3v) is 8.12. The largest absolute Gasteiger partial charge is 0.497 e. The molecule has 192 valence electrons. The number of hydrazone groups is 1. The van der Waals surface area contributed by atoms with Gasteiger partial charge in [-0.25, -0.2) is 10.1 Å². The normalized spacial score (nSPS) is 11.4. The maximum atomic E-state index is 12.4. The number of hydrogen-bond acceptors (Lipinski definition) is 12. The first kappa shape index (κ1) is 26.7. The van der Waals surface area contributed by atoms with Gasteiger partial charge in [0.1, 0.15) is 5.75 Å². The first-order chi connectivity index (χ1) is 17.9. The number of methoxy groups -OCH3 is 1. The maximum Gasteiger partial charge on any atom is 0.264 e. The Labute approximate surface area is 230 Å². The highest BCUT2D eigenvalue weighted by Crippen LogP contribution is 2.30. The van der Waals surface area contributed by atoms with Crippen LogP contribution in [0.5, 0.6) is 5.75 Å². The minimum atomic E-state index is -0.269. The van der Waals surface area contributed by atoms with Gasteiger partial charge in [-0.05, 0) is 48.4 Å². The molecule has 1 amide bonds. The van der Waals surface area contributed by atoms with Crippen LogP contribution in [0.2, 0.25) is 5.02 Å². The van der Waals surface area contributed by atoms with Crippen molar-refractivity contribution >= 4 is 69.2 Å². The number of rotatable bonds is 11. The Hall–Kier alpha value is -3.33. The fraction of sp³-hybridized carbons (Fsp3) is 0.182. The van der Waals surface area contributed by atoms with Gasteiger partial charge in [0, 0.05) is 10.8 Å². The zero-order chi connectivity index (χ0) is 26.2. The number of ether oxygens (including phenoxy) is 1. The number of halogens is 1. The number of amides is 1. The Morgan fingerprint density at radius 2 is 1.92 bits per heavy atom. The van der Waals surface area contributed by atoms with Gasteiger partial charge in [-0.3, -0.25) is 10.1 Å². The van der Waals surface area contributed by atoms with Crippen molar-refractivity contribution in [1.29, 1.82) is 0 Å². The topological polar surface area (TPSA) is 145 Å². The summed E-state index contributed by atoms with van der Waals surface area (Å²) in [7, 11) is 1.61. The second kappa shape index (κ2) is 12.8. The molecule has 0 aliphatic heterocycles. The smallest absolute Gasteiger partial charge is 0.264 e. The van der Waals surface area contributed by atoms with Crippen molar-refractivity contribution in [3.05, 3.63) is 64.7 Å². The highest BCUT2D eigenvalue weighted by Gasteiger charge is 2.14. The van der Waals surface area contributed by atoms with Gasteiger partial charge >= 0.3 is 0 Å². The summed E-state index contributed by atoms with van der Waals surface area (Å²) >= 11 is 10.1. The highest BCUT2D eigenvalue weighted by molar-refractivity contribution is 8.00. The van der Waals surface area contributed by atoms with Crippen LogP contribution in [0.15, 0.2) is 63.1 Å². The molecule has 4 aromatic rings. The summed E-state index contributed by atoms with van der Waals surface area (Å²) in [6.45, 7) is 1.85. The van der Waals surface area contributed by atoms with Gasteiger partial charge in [0.2, 0.25) is 16.2 Å². The van der Waals surface area contributed by atoms with E-state index in [0.29, 0.717) is 21.1 Å². The van der Waals surface area contributed by atoms with Crippen molar-refractivity contribution in [1.82, 2.24) is 25.1 Å². The molecule has 0 unspecified atom stereocenters. The number of aromatic nitrogens is 5. The Kier molecular flexibility index (Phi) is 9.22. The van der Waals surface area contributed by atoms with E-state index >= 15 is 0 Å². The Morgan fingerprint density at radius 3 is 2.68 bits per heavy atom. The van der Waals surface area contributed by atoms with E-state index in [9.17, 15) is 4.79 Å². The third-order valence-electron chi connectivity index (χ3n) is 4.79. The van der Waals surface area contributed by atoms with Gasteiger partial charge in [-0.1, -0.05) is 64.7 Å². The van der Waals surface area contributed by atoms with Crippen LogP contribution in [-0.4, -0.2) is 49.6 Å². The van der Waals surface area contributed by atoms with Gasteiger partial charge in [0.15, 0.2) is 4.34 Å². The van der Waals surface area contributed by atoms with Crippen LogP contribution in [0.4, 0.5) is 11.1 Å². The molecule has 0 aliphatic rings. The number of nitrogens with zero attached hydrogens (tertiary/aromatic N) is 6. The van der Waals surface area contributed by atoms with Crippen LogP contribution < -0.4 is 21.3 Å². The standard InChI is InChI=1S/C22H22ClN9O2S3/c1-13(14-7-9-16(34-2)10-8-14)26-27-19-28-30-21(32(19)24)35-12-18(33)25-20-29-31-22(37-20)36-11-15-5-3-4-6-17(15)23/h3-10H,11-12,24H2,1-2H3,(H,27,28)(H,25,29,33)/b26-13+. The molecule has 2 aromatic carbocycles. The van der Waals surface area contributed by atoms with Crippen LogP contribution in [0, 0.1) is 0 Å². The van der Waals surface area contributed by atoms with E-state index in [-0.39, 0.29) is 17.6 Å². The fourth-order valence-electron chi connectivity index (χ4n) is 2.84. The van der Waals surface area contributed by atoms with E-state index in [0.717, 1.165) is 38.7 Å². The average Bonchev–Trinajstić information content (AvgIpc) is 3.51. The first-order valence-electron chi connectivity index (χ1n) is 10.7. The van der Waals surface area contributed by atoms with Crippen LogP contribution in [0.25, 0.3) is 0 Å². The molecule has 0 aliphatic carbocycles. The number of nitrogens with one attached hydrogen (secondary N) is 2. The highest BCUT2D eigenvalue weighted by atomic mass is 35.5. The minimum absolute atomic E-state index is 0.0607. The summed E-state index contributed by atoms with van der Waals surface area (Å²) in [5.74, 6) is 7.50. The average molecular weight is 576 g/mol. The lowest BCUT2D eigenvalue weighted by Gasteiger charge is -2.05. The Morgan fingerprint density at radius 1 is 1.14 bits per heavy atom. The number of carbonyl (C=O) groups is 1. The quantitative estimate of drug-likeness (QED) is 0.0774. The summed E-state index contributed by atoms with van der Waals surface area (Å²) < 4.78 is 7.12. The maximum absolute atomic E-state index is 12.4. The number of benzene rings is 2. The summed E-state index contributed by atoms with van der Waals surface area (Å²) in [5.41, 5.74) is 5.43. The molecular weight excluding hydrogens is 554 g/mol. The van der Waals surface area contributed by atoms with E-state index in [1.165, 1.54) is 27.8 Å². The molecule has 0 saturated carbocycles. The molecule has 0 atom stereocenters. The summed E-state index contributed by atoms with van der Waals surface area (Å²) in [6, 6.07) is 15.1. The van der Waals surface area contributed by atoms with Crippen molar-refractivity contribution in [2.45, 2.75) is 22.2 Å². The third kappa shape index (κ3) is 7.35. The van der Waals surface area contributed by atoms with Crippen molar-refractivity contribution in [3.63, 3.8) is 0 Å². The molecule has 4 N–H and O–H groups in total. The molecule has 0 spiro atoms. The van der Waals surface area contributed by atoms with Crippen LogP contribution in [0.1, 0.15) is 18.1 Å². The molecule has 0 bridgehead atoms. The minimum Gasteiger partial charge on any atom is -0.497 e. The second-order valence-electron chi connectivity index (χ2n) is 7.30. The number of thioether (sulfide) groups is 2. The lowest BCUT2D eigenvalue weighted by Crippen LogP contribution is -2.17. The summed E-state index contributed by atoms with van der Waals surface area (Å²) in [6.07, 6.45) is 0. The fourth-order valence-corrected chi connectivity index (χ4v) is 5.55. The summed E-state index contributed by atoms with van der Waals surface area (Å²) in [4.78, 5) is 12.4. The predicted octanol–water partition coefficient (Wildman–Crippen LogP) is 4.36. The molecule has 0 fully saturated rings. The van der Waals surface area contributed by atoms with Gasteiger partial charge < -0.3 is 10.6 Å². The molecule has 37 heavy (non-hydrogen) atoms. The zero-order valence-electron chi connectivity index (χ0n) is 19.7. The number of carbonyl (C=O) groups excluding carboxylic acids is 1. The van der Waals surface area contributed by atoms with E-state index in [1.807, 2.05) is 55.5 Å². The lowest BCUT2D eigenvalue weighted by atomic mass is 10.1. The predicted molar refractivity (Wildman–Crippen MR) is 149 cm³/mol. The van der Waals surface area contributed by atoms with Crippen molar-refractivity contribution in [2.24, 2.45) is 5.10 Å². The molecule has 15 heteroatoms. The van der Waals surface area contributed by atoms with E-state index in [4.69, 9.17) is 22.2 Å². The van der Waals surface area contributed by atoms with Crippen LogP contribution >= 0.6 is 46.5 Å². The van der Waals surface area contributed by atoms with Crippen molar-refractivity contribution < 1.29 is 9.53 Å². The lowest BCUT2D eigenvalue weighted by molar-refractivity contribution is -0.113. The molecule has 0 radical (unpaired) electrons. The number of anilines is 2. The van der Waals surface area contributed by atoms with Gasteiger partial charge in [-0.15, -0.1) is 20.4 Å². The first-order valence-corrected chi connectivity index (χ1v) is 13.9. The number of nitrogens with two attached hydrogens (primary N) is 1. The van der Waals surface area contributed by atoms with E-state index in [1.54, 1.807) is 7.11 Å². The Bertz CT molecular complexity index is 1390. The molecule has 0 saturated heterocycles.